The van der Waals surface area contributed by atoms with Gasteiger partial charge in [0.05, 0.1) is 12.7 Å². The highest BCUT2D eigenvalue weighted by molar-refractivity contribution is 6.08. The SMILES string of the molecule is COc1ccc(C(=O)c2ccc(C(F)(F)F)cn2)c(C)c1. The predicted molar refractivity (Wildman–Crippen MR) is 70.4 cm³/mol. The van der Waals surface area contributed by atoms with E-state index in [2.05, 4.69) is 4.98 Å². The Morgan fingerprint density at radius 2 is 1.90 bits per heavy atom. The summed E-state index contributed by atoms with van der Waals surface area (Å²) in [4.78, 5) is 15.8. The van der Waals surface area contributed by atoms with Gasteiger partial charge in [-0.1, -0.05) is 0 Å². The van der Waals surface area contributed by atoms with Crippen LogP contribution in [-0.4, -0.2) is 17.9 Å². The first-order valence-corrected chi connectivity index (χ1v) is 6.05. The molecule has 1 aromatic heterocycles. The number of hydrogen-bond donors (Lipinski definition) is 0. The summed E-state index contributed by atoms with van der Waals surface area (Å²) in [7, 11) is 1.51. The normalized spacial score (nSPS) is 11.3. The van der Waals surface area contributed by atoms with E-state index < -0.39 is 17.5 Å². The Bertz CT molecular complexity index is 664. The number of carbonyl (C=O) groups excluding carboxylic acids is 1. The highest BCUT2D eigenvalue weighted by atomic mass is 19.4. The Kier molecular flexibility index (Phi) is 3.97. The lowest BCUT2D eigenvalue weighted by molar-refractivity contribution is -0.137. The predicted octanol–water partition coefficient (Wildman–Crippen LogP) is 3.65. The van der Waals surface area contributed by atoms with Crippen molar-refractivity contribution < 1.29 is 22.7 Å². The Morgan fingerprint density at radius 1 is 1.19 bits per heavy atom. The summed E-state index contributed by atoms with van der Waals surface area (Å²) >= 11 is 0. The fourth-order valence-corrected chi connectivity index (χ4v) is 1.85. The molecule has 3 nitrogen and oxygen atoms in total. The first-order chi connectivity index (χ1) is 9.82. The number of nitrogens with zero attached hydrogens (tertiary/aromatic N) is 1. The number of aromatic nitrogens is 1. The third-order valence-corrected chi connectivity index (χ3v) is 3.00. The number of halogens is 3. The topological polar surface area (TPSA) is 39.2 Å². The maximum atomic E-state index is 12.5. The van der Waals surface area contributed by atoms with Crippen LogP contribution in [-0.2, 0) is 6.18 Å². The molecule has 0 unspecified atom stereocenters. The van der Waals surface area contributed by atoms with Crippen LogP contribution in [0.1, 0.15) is 27.2 Å². The molecule has 0 aliphatic rings. The Hall–Kier alpha value is -2.37. The fourth-order valence-electron chi connectivity index (χ4n) is 1.85. The van der Waals surface area contributed by atoms with E-state index in [0.29, 0.717) is 23.1 Å². The number of ketones is 1. The molecule has 0 fully saturated rings. The standard InChI is InChI=1S/C15H12F3NO2/c1-9-7-11(21-2)4-5-12(9)14(20)13-6-3-10(8-19-13)15(16,17)18/h3-8H,1-2H3. The molecule has 0 saturated carbocycles. The van der Waals surface area contributed by atoms with Gasteiger partial charge in [-0.05, 0) is 42.8 Å². The first kappa shape index (κ1) is 15.0. The molecule has 0 aliphatic carbocycles. The molecule has 0 saturated heterocycles. The molecule has 110 valence electrons. The summed E-state index contributed by atoms with van der Waals surface area (Å²) in [5.74, 6) is 0.174. The molecule has 0 aliphatic heterocycles. The van der Waals surface area contributed by atoms with E-state index in [9.17, 15) is 18.0 Å². The zero-order valence-corrected chi connectivity index (χ0v) is 11.4. The van der Waals surface area contributed by atoms with Crippen LogP contribution in [0.4, 0.5) is 13.2 Å². The minimum atomic E-state index is -4.47. The van der Waals surface area contributed by atoms with Crippen molar-refractivity contribution in [1.29, 1.82) is 0 Å². The number of carbonyl (C=O) groups is 1. The van der Waals surface area contributed by atoms with Gasteiger partial charge in [-0.3, -0.25) is 9.78 Å². The van der Waals surface area contributed by atoms with Crippen molar-refractivity contribution in [3.05, 3.63) is 58.9 Å². The zero-order valence-electron chi connectivity index (χ0n) is 11.4. The zero-order chi connectivity index (χ0) is 15.6. The van der Waals surface area contributed by atoms with Gasteiger partial charge in [-0.2, -0.15) is 13.2 Å². The van der Waals surface area contributed by atoms with Gasteiger partial charge < -0.3 is 4.74 Å². The second-order valence-electron chi connectivity index (χ2n) is 4.44. The van der Waals surface area contributed by atoms with Crippen molar-refractivity contribution in [2.45, 2.75) is 13.1 Å². The first-order valence-electron chi connectivity index (χ1n) is 6.05. The molecule has 0 atom stereocenters. The smallest absolute Gasteiger partial charge is 0.417 e. The number of methoxy groups -OCH3 is 1. The van der Waals surface area contributed by atoms with Crippen molar-refractivity contribution in [2.75, 3.05) is 7.11 Å². The number of benzene rings is 1. The number of hydrogen-bond acceptors (Lipinski definition) is 3. The monoisotopic (exact) mass is 295 g/mol. The summed E-state index contributed by atoms with van der Waals surface area (Å²) in [6.07, 6.45) is -3.81. The molecule has 0 N–H and O–H groups in total. The van der Waals surface area contributed by atoms with Gasteiger partial charge in [-0.15, -0.1) is 0 Å². The molecule has 0 spiro atoms. The Morgan fingerprint density at radius 3 is 2.38 bits per heavy atom. The van der Waals surface area contributed by atoms with Gasteiger partial charge in [0.25, 0.3) is 0 Å². The van der Waals surface area contributed by atoms with Crippen LogP contribution in [0.25, 0.3) is 0 Å². The van der Waals surface area contributed by atoms with Crippen molar-refractivity contribution >= 4 is 5.78 Å². The number of alkyl halides is 3. The quantitative estimate of drug-likeness (QED) is 0.811. The van der Waals surface area contributed by atoms with Gasteiger partial charge in [0, 0.05) is 11.8 Å². The summed E-state index contributed by atoms with van der Waals surface area (Å²) in [6.45, 7) is 1.72. The minimum absolute atomic E-state index is 0.0312. The molecule has 21 heavy (non-hydrogen) atoms. The molecule has 2 aromatic rings. The lowest BCUT2D eigenvalue weighted by Crippen LogP contribution is -2.09. The lowest BCUT2D eigenvalue weighted by atomic mass is 10.0. The highest BCUT2D eigenvalue weighted by Gasteiger charge is 2.31. The fraction of sp³-hybridized carbons (Fsp3) is 0.200. The molecular formula is C15H12F3NO2. The van der Waals surface area contributed by atoms with Crippen LogP contribution in [0, 0.1) is 6.92 Å². The van der Waals surface area contributed by atoms with Crippen LogP contribution in [0.2, 0.25) is 0 Å². The van der Waals surface area contributed by atoms with Crippen LogP contribution in [0.5, 0.6) is 5.75 Å². The largest absolute Gasteiger partial charge is 0.497 e. The third kappa shape index (κ3) is 3.21. The van der Waals surface area contributed by atoms with Crippen molar-refractivity contribution in [3.63, 3.8) is 0 Å². The number of ether oxygens (including phenoxy) is 1. The van der Waals surface area contributed by atoms with E-state index in [0.717, 1.165) is 12.1 Å². The van der Waals surface area contributed by atoms with Gasteiger partial charge in [0.2, 0.25) is 5.78 Å². The van der Waals surface area contributed by atoms with E-state index in [4.69, 9.17) is 4.74 Å². The van der Waals surface area contributed by atoms with Gasteiger partial charge in [0.15, 0.2) is 0 Å². The van der Waals surface area contributed by atoms with E-state index in [-0.39, 0.29) is 5.69 Å². The molecule has 1 heterocycles. The van der Waals surface area contributed by atoms with Crippen LogP contribution in [0.15, 0.2) is 36.5 Å². The van der Waals surface area contributed by atoms with E-state index in [1.807, 2.05) is 0 Å². The number of pyridine rings is 1. The molecule has 1 aromatic carbocycles. The summed E-state index contributed by atoms with van der Waals surface area (Å²) in [5.41, 5.74) is 0.130. The second kappa shape index (κ2) is 5.55. The van der Waals surface area contributed by atoms with E-state index >= 15 is 0 Å². The minimum Gasteiger partial charge on any atom is -0.497 e. The highest BCUT2D eigenvalue weighted by Crippen LogP contribution is 2.28. The molecule has 0 radical (unpaired) electrons. The van der Waals surface area contributed by atoms with E-state index in [1.165, 1.54) is 7.11 Å². The van der Waals surface area contributed by atoms with Gasteiger partial charge in [-0.25, -0.2) is 0 Å². The summed E-state index contributed by atoms with van der Waals surface area (Å²) < 4.78 is 42.4. The van der Waals surface area contributed by atoms with Gasteiger partial charge in [0.1, 0.15) is 11.4 Å². The molecule has 0 amide bonds. The average molecular weight is 295 g/mol. The molecule has 6 heteroatoms. The average Bonchev–Trinajstić information content (AvgIpc) is 2.45. The maximum absolute atomic E-state index is 12.5. The number of aryl methyl sites for hydroxylation is 1. The van der Waals surface area contributed by atoms with Crippen molar-refractivity contribution in [3.8, 4) is 5.75 Å². The van der Waals surface area contributed by atoms with Crippen molar-refractivity contribution in [1.82, 2.24) is 4.98 Å². The summed E-state index contributed by atoms with van der Waals surface area (Å²) in [5, 5.41) is 0. The van der Waals surface area contributed by atoms with Gasteiger partial charge >= 0.3 is 6.18 Å². The maximum Gasteiger partial charge on any atom is 0.417 e. The molecular weight excluding hydrogens is 283 g/mol. The number of rotatable bonds is 3. The van der Waals surface area contributed by atoms with Crippen LogP contribution >= 0.6 is 0 Å². The van der Waals surface area contributed by atoms with Crippen LogP contribution in [0.3, 0.4) is 0 Å². The summed E-state index contributed by atoms with van der Waals surface area (Å²) in [6, 6.07) is 6.78. The second-order valence-corrected chi connectivity index (χ2v) is 4.44. The van der Waals surface area contributed by atoms with Crippen molar-refractivity contribution in [2.24, 2.45) is 0 Å². The molecule has 2 rings (SSSR count). The third-order valence-electron chi connectivity index (χ3n) is 3.00. The lowest BCUT2D eigenvalue weighted by Gasteiger charge is -2.08. The Balaban J connectivity index is 2.32. The van der Waals surface area contributed by atoms with E-state index in [1.54, 1.807) is 25.1 Å². The Labute approximate surface area is 119 Å². The molecule has 0 bridgehead atoms. The van der Waals surface area contributed by atoms with Crippen LogP contribution < -0.4 is 4.74 Å².